The average molecular weight is 283 g/mol. The molecule has 4 nitrogen and oxygen atoms in total. The third-order valence-electron chi connectivity index (χ3n) is 3.38. The lowest BCUT2D eigenvalue weighted by molar-refractivity contribution is 0.0912. The average Bonchev–Trinajstić information content (AvgIpc) is 2.77. The Morgan fingerprint density at radius 3 is 2.67 bits per heavy atom. The lowest BCUT2D eigenvalue weighted by Gasteiger charge is -2.36. The van der Waals surface area contributed by atoms with Crippen molar-refractivity contribution in [3.8, 4) is 0 Å². The Bertz CT molecular complexity index is 464. The van der Waals surface area contributed by atoms with Gasteiger partial charge in [0, 0.05) is 0 Å². The molecule has 0 aliphatic heterocycles. The molecule has 0 aromatic carbocycles. The van der Waals surface area contributed by atoms with Crippen molar-refractivity contribution in [1.82, 2.24) is 10.3 Å². The van der Waals surface area contributed by atoms with Gasteiger partial charge in [-0.05, 0) is 19.8 Å². The summed E-state index contributed by atoms with van der Waals surface area (Å²) in [4.78, 5) is 17.3. The Balaban J connectivity index is 2.14. The number of nitrogens with zero attached hydrogens (tertiary/aromatic N) is 1. The predicted octanol–water partition coefficient (Wildman–Crippen LogP) is 2.17. The van der Waals surface area contributed by atoms with Gasteiger partial charge in [-0.1, -0.05) is 31.5 Å². The number of aryl methyl sites for hydroxylation is 1. The van der Waals surface area contributed by atoms with Crippen LogP contribution in [0.25, 0.3) is 0 Å². The third kappa shape index (κ3) is 2.70. The molecular weight excluding hydrogens is 266 g/mol. The Labute approximate surface area is 116 Å². The SMILES string of the molecule is Cc1ncc(C(=O)NC2(C(N)=S)CCCCC2)s1. The molecule has 1 fully saturated rings. The molecule has 1 aliphatic rings. The molecule has 0 bridgehead atoms. The molecule has 0 atom stereocenters. The number of carbonyl (C=O) groups excluding carboxylic acids is 1. The van der Waals surface area contributed by atoms with E-state index >= 15 is 0 Å². The summed E-state index contributed by atoms with van der Waals surface area (Å²) in [5.41, 5.74) is 5.34. The first-order chi connectivity index (χ1) is 8.53. The smallest absolute Gasteiger partial charge is 0.263 e. The van der Waals surface area contributed by atoms with Crippen molar-refractivity contribution < 1.29 is 4.79 Å². The first-order valence-corrected chi connectivity index (χ1v) is 7.31. The molecule has 1 saturated carbocycles. The Morgan fingerprint density at radius 1 is 1.50 bits per heavy atom. The van der Waals surface area contributed by atoms with E-state index in [1.807, 2.05) is 6.92 Å². The van der Waals surface area contributed by atoms with Crippen LogP contribution in [0.3, 0.4) is 0 Å². The number of nitrogens with one attached hydrogen (secondary N) is 1. The van der Waals surface area contributed by atoms with E-state index in [1.54, 1.807) is 6.20 Å². The highest BCUT2D eigenvalue weighted by atomic mass is 32.1. The second-order valence-corrected chi connectivity index (χ2v) is 6.38. The fourth-order valence-electron chi connectivity index (χ4n) is 2.33. The summed E-state index contributed by atoms with van der Waals surface area (Å²) in [6.45, 7) is 1.88. The molecule has 1 aromatic rings. The summed E-state index contributed by atoms with van der Waals surface area (Å²) in [6, 6.07) is 0. The molecule has 0 saturated heterocycles. The number of nitrogens with two attached hydrogens (primary N) is 1. The van der Waals surface area contributed by atoms with Crippen molar-refractivity contribution in [3.05, 3.63) is 16.1 Å². The first-order valence-electron chi connectivity index (χ1n) is 6.08. The summed E-state index contributed by atoms with van der Waals surface area (Å²) >= 11 is 6.54. The van der Waals surface area contributed by atoms with Crippen LogP contribution in [0.1, 0.15) is 46.8 Å². The van der Waals surface area contributed by atoms with Crippen molar-refractivity contribution in [2.24, 2.45) is 5.73 Å². The summed E-state index contributed by atoms with van der Waals surface area (Å²) in [5, 5.41) is 3.91. The van der Waals surface area contributed by atoms with Crippen LogP contribution < -0.4 is 11.1 Å². The summed E-state index contributed by atoms with van der Waals surface area (Å²) < 4.78 is 0. The zero-order valence-electron chi connectivity index (χ0n) is 10.4. The molecule has 3 N–H and O–H groups in total. The second-order valence-electron chi connectivity index (χ2n) is 4.70. The minimum absolute atomic E-state index is 0.115. The molecule has 18 heavy (non-hydrogen) atoms. The summed E-state index contributed by atoms with van der Waals surface area (Å²) in [5.74, 6) is -0.115. The van der Waals surface area contributed by atoms with Gasteiger partial charge in [0.2, 0.25) is 0 Å². The Hall–Kier alpha value is -1.01. The number of carbonyl (C=O) groups is 1. The van der Waals surface area contributed by atoms with Crippen LogP contribution in [0.4, 0.5) is 0 Å². The van der Waals surface area contributed by atoms with Crippen LogP contribution in [-0.4, -0.2) is 21.4 Å². The van der Waals surface area contributed by atoms with Gasteiger partial charge in [-0.2, -0.15) is 0 Å². The van der Waals surface area contributed by atoms with Gasteiger partial charge in [0.15, 0.2) is 0 Å². The van der Waals surface area contributed by atoms with Gasteiger partial charge in [0.25, 0.3) is 5.91 Å². The van der Waals surface area contributed by atoms with Crippen molar-refractivity contribution in [2.45, 2.75) is 44.6 Å². The molecule has 98 valence electrons. The maximum atomic E-state index is 12.2. The topological polar surface area (TPSA) is 68.0 Å². The normalized spacial score (nSPS) is 18.3. The fraction of sp³-hybridized carbons (Fsp3) is 0.583. The first kappa shape index (κ1) is 13.4. The molecule has 1 amide bonds. The summed E-state index contributed by atoms with van der Waals surface area (Å²) in [7, 11) is 0. The van der Waals surface area contributed by atoms with Gasteiger partial charge in [0.1, 0.15) is 4.88 Å². The maximum Gasteiger partial charge on any atom is 0.263 e. The minimum atomic E-state index is -0.497. The Kier molecular flexibility index (Phi) is 3.97. The maximum absolute atomic E-state index is 12.2. The molecule has 6 heteroatoms. The van der Waals surface area contributed by atoms with Crippen LogP contribution in [-0.2, 0) is 0 Å². The van der Waals surface area contributed by atoms with Gasteiger partial charge in [-0.25, -0.2) is 4.98 Å². The van der Waals surface area contributed by atoms with E-state index in [0.29, 0.717) is 9.87 Å². The molecule has 1 aliphatic carbocycles. The monoisotopic (exact) mass is 283 g/mol. The fourth-order valence-corrected chi connectivity index (χ4v) is 3.26. The number of amides is 1. The van der Waals surface area contributed by atoms with E-state index in [-0.39, 0.29) is 5.91 Å². The van der Waals surface area contributed by atoms with E-state index in [1.165, 1.54) is 17.8 Å². The number of rotatable bonds is 3. The molecule has 0 radical (unpaired) electrons. The van der Waals surface area contributed by atoms with Crippen LogP contribution in [0.2, 0.25) is 0 Å². The molecule has 0 spiro atoms. The predicted molar refractivity (Wildman–Crippen MR) is 76.9 cm³/mol. The van der Waals surface area contributed by atoms with E-state index in [4.69, 9.17) is 18.0 Å². The van der Waals surface area contributed by atoms with Gasteiger partial charge >= 0.3 is 0 Å². The van der Waals surface area contributed by atoms with E-state index < -0.39 is 5.54 Å². The highest BCUT2D eigenvalue weighted by Crippen LogP contribution is 2.29. The minimum Gasteiger partial charge on any atom is -0.391 e. The number of hydrogen-bond donors (Lipinski definition) is 2. The molecule has 2 rings (SSSR count). The van der Waals surface area contributed by atoms with Gasteiger partial charge in [-0.15, -0.1) is 11.3 Å². The summed E-state index contributed by atoms with van der Waals surface area (Å²) in [6.07, 6.45) is 6.57. The number of thiocarbonyl (C=S) groups is 1. The van der Waals surface area contributed by atoms with Gasteiger partial charge < -0.3 is 11.1 Å². The van der Waals surface area contributed by atoms with Crippen LogP contribution in [0, 0.1) is 6.92 Å². The number of aromatic nitrogens is 1. The standard InChI is InChI=1S/C12H17N3OS2/c1-8-14-7-9(18-8)10(16)15-12(11(13)17)5-3-2-4-6-12/h7H,2-6H2,1H3,(H2,13,17)(H,15,16). The number of thiazole rings is 1. The quantitative estimate of drug-likeness (QED) is 0.834. The molecule has 0 unspecified atom stereocenters. The van der Waals surface area contributed by atoms with Crippen molar-refractivity contribution in [3.63, 3.8) is 0 Å². The molecular formula is C12H17N3OS2. The second kappa shape index (κ2) is 5.32. The van der Waals surface area contributed by atoms with Crippen molar-refractivity contribution >= 4 is 34.5 Å². The zero-order valence-corrected chi connectivity index (χ0v) is 12.0. The van der Waals surface area contributed by atoms with Crippen LogP contribution >= 0.6 is 23.6 Å². The van der Waals surface area contributed by atoms with Gasteiger partial charge in [-0.3, -0.25) is 4.79 Å². The lowest BCUT2D eigenvalue weighted by atomic mass is 9.81. The van der Waals surface area contributed by atoms with Crippen molar-refractivity contribution in [2.75, 3.05) is 0 Å². The Morgan fingerprint density at radius 2 is 2.17 bits per heavy atom. The molecule has 1 heterocycles. The third-order valence-corrected chi connectivity index (χ3v) is 4.68. The lowest BCUT2D eigenvalue weighted by Crippen LogP contribution is -2.57. The zero-order chi connectivity index (χ0) is 13.2. The van der Waals surface area contributed by atoms with Gasteiger partial charge in [0.05, 0.1) is 21.7 Å². The number of hydrogen-bond acceptors (Lipinski definition) is 4. The molecule has 1 aromatic heterocycles. The van der Waals surface area contributed by atoms with E-state index in [9.17, 15) is 4.79 Å². The van der Waals surface area contributed by atoms with E-state index in [2.05, 4.69) is 10.3 Å². The largest absolute Gasteiger partial charge is 0.391 e. The highest BCUT2D eigenvalue weighted by Gasteiger charge is 2.36. The van der Waals surface area contributed by atoms with Crippen molar-refractivity contribution in [1.29, 1.82) is 0 Å². The van der Waals surface area contributed by atoms with E-state index in [0.717, 1.165) is 30.7 Å². The highest BCUT2D eigenvalue weighted by molar-refractivity contribution is 7.80. The van der Waals surface area contributed by atoms with Crippen LogP contribution in [0.5, 0.6) is 0 Å². The van der Waals surface area contributed by atoms with Crippen LogP contribution in [0.15, 0.2) is 6.20 Å².